The third-order valence-electron chi connectivity index (χ3n) is 3.32. The molecule has 0 heterocycles. The predicted molar refractivity (Wildman–Crippen MR) is 77.5 cm³/mol. The third-order valence-corrected chi connectivity index (χ3v) is 3.32. The van der Waals surface area contributed by atoms with Crippen molar-refractivity contribution in [2.24, 2.45) is 11.8 Å². The van der Waals surface area contributed by atoms with Crippen molar-refractivity contribution in [1.82, 2.24) is 0 Å². The fourth-order valence-corrected chi connectivity index (χ4v) is 1.92. The lowest BCUT2D eigenvalue weighted by Gasteiger charge is -2.17. The number of hydrogen-bond donors (Lipinski definition) is 0. The summed E-state index contributed by atoms with van der Waals surface area (Å²) in [4.78, 5) is 11.7. The van der Waals surface area contributed by atoms with Gasteiger partial charge in [-0.15, -0.1) is 0 Å². The van der Waals surface area contributed by atoms with Crippen molar-refractivity contribution in [2.45, 2.75) is 66.2 Å². The predicted octanol–water partition coefficient (Wildman–Crippen LogP) is 4.74. The average molecular weight is 254 g/mol. The lowest BCUT2D eigenvalue weighted by atomic mass is 9.97. The molecule has 1 atom stereocenters. The molecule has 18 heavy (non-hydrogen) atoms. The Bertz CT molecular complexity index is 243. The molecule has 1 unspecified atom stereocenters. The lowest BCUT2D eigenvalue weighted by Crippen LogP contribution is -2.17. The van der Waals surface area contributed by atoms with Crippen molar-refractivity contribution in [1.29, 1.82) is 0 Å². The van der Waals surface area contributed by atoms with Crippen LogP contribution in [-0.4, -0.2) is 12.6 Å². The molecule has 0 saturated carbocycles. The van der Waals surface area contributed by atoms with Crippen molar-refractivity contribution in [3.05, 3.63) is 12.2 Å². The summed E-state index contributed by atoms with van der Waals surface area (Å²) in [5, 5.41) is 0. The maximum absolute atomic E-state index is 11.7. The van der Waals surface area contributed by atoms with Gasteiger partial charge in [0, 0.05) is 5.57 Å². The molecule has 2 nitrogen and oxygen atoms in total. The van der Waals surface area contributed by atoms with Gasteiger partial charge in [-0.3, -0.25) is 0 Å². The average Bonchev–Trinajstić information content (AvgIpc) is 2.34. The van der Waals surface area contributed by atoms with E-state index in [1.807, 2.05) is 13.8 Å². The highest BCUT2D eigenvalue weighted by Gasteiger charge is 2.15. The van der Waals surface area contributed by atoms with Crippen LogP contribution in [0.15, 0.2) is 12.2 Å². The van der Waals surface area contributed by atoms with Crippen molar-refractivity contribution < 1.29 is 9.53 Å². The van der Waals surface area contributed by atoms with E-state index in [9.17, 15) is 4.79 Å². The van der Waals surface area contributed by atoms with Gasteiger partial charge in [0.15, 0.2) is 0 Å². The molecule has 0 spiro atoms. The Hall–Kier alpha value is -0.790. The zero-order valence-corrected chi connectivity index (χ0v) is 12.6. The van der Waals surface area contributed by atoms with Crippen molar-refractivity contribution in [2.75, 3.05) is 6.61 Å². The highest BCUT2D eigenvalue weighted by molar-refractivity contribution is 5.88. The van der Waals surface area contributed by atoms with Crippen molar-refractivity contribution >= 4 is 5.97 Å². The molecule has 0 fully saturated rings. The summed E-state index contributed by atoms with van der Waals surface area (Å²) in [5.41, 5.74) is 0.582. The molecule has 0 aliphatic rings. The third kappa shape index (κ3) is 7.52. The van der Waals surface area contributed by atoms with E-state index < -0.39 is 0 Å². The Kier molecular flexibility index (Phi) is 9.72. The molecule has 0 aliphatic heterocycles. The van der Waals surface area contributed by atoms with Gasteiger partial charge in [0.25, 0.3) is 0 Å². The van der Waals surface area contributed by atoms with Crippen LogP contribution in [0, 0.1) is 11.8 Å². The molecule has 0 rings (SSSR count). The zero-order valence-electron chi connectivity index (χ0n) is 12.6. The summed E-state index contributed by atoms with van der Waals surface area (Å²) in [7, 11) is 0. The van der Waals surface area contributed by atoms with E-state index in [1.54, 1.807) is 0 Å². The van der Waals surface area contributed by atoms with Gasteiger partial charge in [0.05, 0.1) is 6.61 Å². The summed E-state index contributed by atoms with van der Waals surface area (Å²) < 4.78 is 5.37. The number of carbonyl (C=O) groups excluding carboxylic acids is 1. The number of unbranched alkanes of at least 4 members (excludes halogenated alkanes) is 2. The molecule has 0 saturated heterocycles. The van der Waals surface area contributed by atoms with Crippen LogP contribution in [-0.2, 0) is 9.53 Å². The van der Waals surface area contributed by atoms with Crippen LogP contribution in [0.4, 0.5) is 0 Å². The maximum atomic E-state index is 11.7. The Morgan fingerprint density at radius 1 is 1.11 bits per heavy atom. The summed E-state index contributed by atoms with van der Waals surface area (Å²) in [6.45, 7) is 12.7. The molecule has 0 aliphatic carbocycles. The van der Waals surface area contributed by atoms with E-state index >= 15 is 0 Å². The second-order valence-corrected chi connectivity index (χ2v) is 5.43. The fraction of sp³-hybridized carbons (Fsp3) is 0.812. The molecular weight excluding hydrogens is 224 g/mol. The summed E-state index contributed by atoms with van der Waals surface area (Å²) in [6.07, 6.45) is 7.22. The SMILES string of the molecule is C=C(C(=O)OCC(CCC)CCCCC)C(C)C. The number of esters is 1. The van der Waals surface area contributed by atoms with E-state index in [0.717, 1.165) is 12.8 Å². The van der Waals surface area contributed by atoms with Crippen LogP contribution in [0.3, 0.4) is 0 Å². The van der Waals surface area contributed by atoms with Gasteiger partial charge < -0.3 is 4.74 Å². The molecule has 0 aromatic rings. The first-order valence-electron chi connectivity index (χ1n) is 7.38. The topological polar surface area (TPSA) is 26.3 Å². The minimum atomic E-state index is -0.221. The number of rotatable bonds is 10. The van der Waals surface area contributed by atoms with Gasteiger partial charge in [-0.2, -0.15) is 0 Å². The van der Waals surface area contributed by atoms with Gasteiger partial charge >= 0.3 is 5.97 Å². The molecule has 0 aromatic heterocycles. The molecule has 0 aromatic carbocycles. The van der Waals surface area contributed by atoms with Crippen LogP contribution >= 0.6 is 0 Å². The molecule has 0 bridgehead atoms. The highest BCUT2D eigenvalue weighted by Crippen LogP contribution is 2.17. The first-order valence-corrected chi connectivity index (χ1v) is 7.38. The minimum Gasteiger partial charge on any atom is -0.462 e. The summed E-state index contributed by atoms with van der Waals surface area (Å²) >= 11 is 0. The first-order chi connectivity index (χ1) is 8.52. The van der Waals surface area contributed by atoms with E-state index in [1.165, 1.54) is 25.7 Å². The van der Waals surface area contributed by atoms with E-state index in [4.69, 9.17) is 4.74 Å². The van der Waals surface area contributed by atoms with Gasteiger partial charge in [0.1, 0.15) is 0 Å². The van der Waals surface area contributed by atoms with Crippen LogP contribution in [0.25, 0.3) is 0 Å². The quantitative estimate of drug-likeness (QED) is 0.320. The molecule has 0 radical (unpaired) electrons. The number of carbonyl (C=O) groups is 1. The molecule has 106 valence electrons. The second-order valence-electron chi connectivity index (χ2n) is 5.43. The monoisotopic (exact) mass is 254 g/mol. The Morgan fingerprint density at radius 3 is 2.28 bits per heavy atom. The van der Waals surface area contributed by atoms with Crippen LogP contribution in [0.5, 0.6) is 0 Å². The van der Waals surface area contributed by atoms with Crippen LogP contribution in [0.2, 0.25) is 0 Å². The van der Waals surface area contributed by atoms with Gasteiger partial charge in [0.2, 0.25) is 0 Å². The normalized spacial score (nSPS) is 12.5. The second kappa shape index (κ2) is 10.2. The van der Waals surface area contributed by atoms with E-state index in [-0.39, 0.29) is 11.9 Å². The Balaban J connectivity index is 4.01. The van der Waals surface area contributed by atoms with Crippen molar-refractivity contribution in [3.8, 4) is 0 Å². The van der Waals surface area contributed by atoms with Crippen LogP contribution < -0.4 is 0 Å². The zero-order chi connectivity index (χ0) is 14.0. The number of hydrogen-bond acceptors (Lipinski definition) is 2. The largest absolute Gasteiger partial charge is 0.462 e. The van der Waals surface area contributed by atoms with Gasteiger partial charge in [-0.25, -0.2) is 4.79 Å². The smallest absolute Gasteiger partial charge is 0.333 e. The summed E-state index contributed by atoms with van der Waals surface area (Å²) in [5.74, 6) is 0.467. The minimum absolute atomic E-state index is 0.169. The molecule has 0 N–H and O–H groups in total. The Morgan fingerprint density at radius 2 is 1.78 bits per heavy atom. The van der Waals surface area contributed by atoms with E-state index in [0.29, 0.717) is 18.1 Å². The van der Waals surface area contributed by atoms with Crippen LogP contribution in [0.1, 0.15) is 66.2 Å². The Labute approximate surface area is 113 Å². The number of ether oxygens (including phenoxy) is 1. The maximum Gasteiger partial charge on any atom is 0.333 e. The van der Waals surface area contributed by atoms with Crippen molar-refractivity contribution in [3.63, 3.8) is 0 Å². The lowest BCUT2D eigenvalue weighted by molar-refractivity contribution is -0.141. The standard InChI is InChI=1S/C16H30O2/c1-6-8-9-11-15(10-7-2)12-18-16(17)14(5)13(3)4/h13,15H,5-12H2,1-4H3. The molecule has 0 amide bonds. The van der Waals surface area contributed by atoms with Gasteiger partial charge in [-0.1, -0.05) is 60.0 Å². The van der Waals surface area contributed by atoms with Gasteiger partial charge in [-0.05, 0) is 24.7 Å². The van der Waals surface area contributed by atoms with E-state index in [2.05, 4.69) is 20.4 Å². The highest BCUT2D eigenvalue weighted by atomic mass is 16.5. The first kappa shape index (κ1) is 17.2. The fourth-order valence-electron chi connectivity index (χ4n) is 1.92. The molecule has 2 heteroatoms. The summed E-state index contributed by atoms with van der Waals surface area (Å²) in [6, 6.07) is 0. The molecular formula is C16H30O2.